The van der Waals surface area contributed by atoms with Gasteiger partial charge in [0.25, 0.3) is 5.91 Å². The van der Waals surface area contributed by atoms with E-state index in [1.165, 1.54) is 25.5 Å². The molecule has 140 valence electrons. The third kappa shape index (κ3) is 3.06. The van der Waals surface area contributed by atoms with Crippen LogP contribution in [0.15, 0.2) is 48.5 Å². The van der Waals surface area contributed by atoms with E-state index in [4.69, 9.17) is 0 Å². The highest BCUT2D eigenvalue weighted by Crippen LogP contribution is 2.48. The van der Waals surface area contributed by atoms with Crippen LogP contribution in [-0.4, -0.2) is 37.0 Å². The molecule has 27 heavy (non-hydrogen) atoms. The highest BCUT2D eigenvalue weighted by Gasteiger charge is 2.47. The lowest BCUT2D eigenvalue weighted by molar-refractivity contribution is 0.0976. The Balaban J connectivity index is 1.44. The summed E-state index contributed by atoms with van der Waals surface area (Å²) in [5, 5.41) is 0. The monoisotopic (exact) mass is 364 g/mol. The van der Waals surface area contributed by atoms with Gasteiger partial charge in [-0.25, -0.2) is 4.39 Å². The summed E-state index contributed by atoms with van der Waals surface area (Å²) in [6, 6.07) is 14.3. The molecule has 1 saturated carbocycles. The standard InChI is InChI=1S/C23H25FN2O/c24-19-8-9-21-20(14-19)23(10-12-25(13-11-23)15-17-6-7-17)16-26(21)22(27)18-4-2-1-3-5-18/h1-5,8-9,14,17H,6-7,10-13,15-16H2. The van der Waals surface area contributed by atoms with E-state index < -0.39 is 0 Å². The summed E-state index contributed by atoms with van der Waals surface area (Å²) in [5.74, 6) is 0.701. The van der Waals surface area contributed by atoms with Crippen LogP contribution in [0.5, 0.6) is 0 Å². The van der Waals surface area contributed by atoms with Crippen molar-refractivity contribution in [1.29, 1.82) is 0 Å². The van der Waals surface area contributed by atoms with Crippen LogP contribution in [0.25, 0.3) is 0 Å². The molecule has 0 bridgehead atoms. The molecule has 3 nitrogen and oxygen atoms in total. The van der Waals surface area contributed by atoms with Gasteiger partial charge < -0.3 is 9.80 Å². The number of nitrogens with zero attached hydrogens (tertiary/aromatic N) is 2. The molecule has 0 aromatic heterocycles. The summed E-state index contributed by atoms with van der Waals surface area (Å²) in [4.78, 5) is 17.6. The summed E-state index contributed by atoms with van der Waals surface area (Å²) in [6.45, 7) is 3.95. The van der Waals surface area contributed by atoms with Crippen molar-refractivity contribution in [2.24, 2.45) is 5.92 Å². The van der Waals surface area contributed by atoms with Gasteiger partial charge in [-0.15, -0.1) is 0 Å². The number of carbonyl (C=O) groups is 1. The number of hydrogen-bond donors (Lipinski definition) is 0. The smallest absolute Gasteiger partial charge is 0.258 e. The first-order valence-electron chi connectivity index (χ1n) is 10.0. The maximum atomic E-state index is 14.1. The lowest BCUT2D eigenvalue weighted by Crippen LogP contribution is -2.46. The average Bonchev–Trinajstić information content (AvgIpc) is 3.47. The van der Waals surface area contributed by atoms with E-state index in [0.717, 1.165) is 43.1 Å². The van der Waals surface area contributed by atoms with Crippen LogP contribution in [-0.2, 0) is 5.41 Å². The van der Waals surface area contributed by atoms with Gasteiger partial charge in [0.15, 0.2) is 0 Å². The van der Waals surface area contributed by atoms with Gasteiger partial charge in [-0.3, -0.25) is 4.79 Å². The molecule has 4 heteroatoms. The average molecular weight is 364 g/mol. The number of piperidine rings is 1. The first-order valence-corrected chi connectivity index (χ1v) is 10.0. The Morgan fingerprint density at radius 1 is 1.07 bits per heavy atom. The van der Waals surface area contributed by atoms with Crippen molar-refractivity contribution in [2.75, 3.05) is 31.1 Å². The molecule has 2 aromatic rings. The fourth-order valence-corrected chi connectivity index (χ4v) is 4.82. The van der Waals surface area contributed by atoms with Crippen LogP contribution in [0, 0.1) is 11.7 Å². The van der Waals surface area contributed by atoms with E-state index in [0.29, 0.717) is 12.1 Å². The summed E-state index contributed by atoms with van der Waals surface area (Å²) < 4.78 is 14.1. The van der Waals surface area contributed by atoms with Gasteiger partial charge in [0.2, 0.25) is 0 Å². The quantitative estimate of drug-likeness (QED) is 0.814. The van der Waals surface area contributed by atoms with Gasteiger partial charge >= 0.3 is 0 Å². The van der Waals surface area contributed by atoms with Crippen molar-refractivity contribution in [1.82, 2.24) is 4.90 Å². The van der Waals surface area contributed by atoms with Crippen LogP contribution >= 0.6 is 0 Å². The van der Waals surface area contributed by atoms with Gasteiger partial charge in [-0.1, -0.05) is 18.2 Å². The zero-order chi connectivity index (χ0) is 18.4. The number of amides is 1. The Bertz CT molecular complexity index is 854. The van der Waals surface area contributed by atoms with E-state index in [-0.39, 0.29) is 17.1 Å². The van der Waals surface area contributed by atoms with Crippen molar-refractivity contribution in [3.63, 3.8) is 0 Å². The fraction of sp³-hybridized carbons (Fsp3) is 0.435. The van der Waals surface area contributed by atoms with E-state index in [2.05, 4.69) is 4.90 Å². The van der Waals surface area contributed by atoms with Crippen LogP contribution in [0.3, 0.4) is 0 Å². The van der Waals surface area contributed by atoms with Crippen molar-refractivity contribution in [3.8, 4) is 0 Å². The van der Waals surface area contributed by atoms with Crippen molar-refractivity contribution in [2.45, 2.75) is 31.1 Å². The highest BCUT2D eigenvalue weighted by atomic mass is 19.1. The Labute approximate surface area is 159 Å². The maximum absolute atomic E-state index is 14.1. The fourth-order valence-electron chi connectivity index (χ4n) is 4.82. The number of hydrogen-bond acceptors (Lipinski definition) is 2. The minimum absolute atomic E-state index is 0.0146. The molecule has 1 spiro atoms. The largest absolute Gasteiger partial charge is 0.307 e. The normalized spacial score (nSPS) is 21.4. The lowest BCUT2D eigenvalue weighted by atomic mass is 9.74. The number of likely N-dealkylation sites (tertiary alicyclic amines) is 1. The van der Waals surface area contributed by atoms with E-state index in [1.54, 1.807) is 12.1 Å². The van der Waals surface area contributed by atoms with Gasteiger partial charge in [-0.05, 0) is 80.6 Å². The number of fused-ring (bicyclic) bond motifs is 2. The molecule has 0 unspecified atom stereocenters. The number of carbonyl (C=O) groups excluding carboxylic acids is 1. The van der Waals surface area contributed by atoms with E-state index in [9.17, 15) is 9.18 Å². The second kappa shape index (κ2) is 6.45. The molecule has 0 N–H and O–H groups in total. The molecule has 2 fully saturated rings. The molecule has 2 heterocycles. The van der Waals surface area contributed by atoms with Crippen molar-refractivity contribution < 1.29 is 9.18 Å². The predicted molar refractivity (Wildman–Crippen MR) is 105 cm³/mol. The maximum Gasteiger partial charge on any atom is 0.258 e. The Kier molecular flexibility index (Phi) is 4.05. The molecule has 0 radical (unpaired) electrons. The third-order valence-electron chi connectivity index (χ3n) is 6.57. The Morgan fingerprint density at radius 2 is 1.81 bits per heavy atom. The number of rotatable bonds is 3. The third-order valence-corrected chi connectivity index (χ3v) is 6.57. The van der Waals surface area contributed by atoms with Gasteiger partial charge in [0, 0.05) is 29.8 Å². The summed E-state index contributed by atoms with van der Waals surface area (Å²) >= 11 is 0. The summed E-state index contributed by atoms with van der Waals surface area (Å²) in [6.07, 6.45) is 4.73. The topological polar surface area (TPSA) is 23.6 Å². The van der Waals surface area contributed by atoms with Crippen LogP contribution in [0.4, 0.5) is 10.1 Å². The Morgan fingerprint density at radius 3 is 2.52 bits per heavy atom. The molecule has 2 aliphatic heterocycles. The molecular weight excluding hydrogens is 339 g/mol. The molecule has 3 aliphatic rings. The van der Waals surface area contributed by atoms with Crippen molar-refractivity contribution >= 4 is 11.6 Å². The van der Waals surface area contributed by atoms with Gasteiger partial charge in [0.1, 0.15) is 5.82 Å². The molecule has 5 rings (SSSR count). The highest BCUT2D eigenvalue weighted by molar-refractivity contribution is 6.07. The van der Waals surface area contributed by atoms with E-state index >= 15 is 0 Å². The first kappa shape index (κ1) is 16.9. The second-order valence-corrected chi connectivity index (χ2v) is 8.44. The number of anilines is 1. The summed E-state index contributed by atoms with van der Waals surface area (Å²) in [5.41, 5.74) is 2.50. The predicted octanol–water partition coefficient (Wildman–Crippen LogP) is 4.23. The first-order chi connectivity index (χ1) is 13.1. The minimum Gasteiger partial charge on any atom is -0.307 e. The molecule has 0 atom stereocenters. The molecule has 1 amide bonds. The molecule has 2 aromatic carbocycles. The van der Waals surface area contributed by atoms with Gasteiger partial charge in [-0.2, -0.15) is 0 Å². The minimum atomic E-state index is -0.206. The second-order valence-electron chi connectivity index (χ2n) is 8.44. The zero-order valence-electron chi connectivity index (χ0n) is 15.5. The summed E-state index contributed by atoms with van der Waals surface area (Å²) in [7, 11) is 0. The number of halogens is 1. The molecular formula is C23H25FN2O. The van der Waals surface area contributed by atoms with Gasteiger partial charge in [0.05, 0.1) is 0 Å². The molecule has 1 aliphatic carbocycles. The zero-order valence-corrected chi connectivity index (χ0v) is 15.5. The van der Waals surface area contributed by atoms with Crippen LogP contribution < -0.4 is 4.90 Å². The van der Waals surface area contributed by atoms with Crippen LogP contribution in [0.2, 0.25) is 0 Å². The van der Waals surface area contributed by atoms with Crippen LogP contribution in [0.1, 0.15) is 41.6 Å². The lowest BCUT2D eigenvalue weighted by Gasteiger charge is -2.40. The Hall–Kier alpha value is -2.20. The number of benzene rings is 2. The van der Waals surface area contributed by atoms with E-state index in [1.807, 2.05) is 35.2 Å². The SMILES string of the molecule is O=C(c1ccccc1)N1CC2(CCN(CC3CC3)CC2)c2cc(F)ccc21. The molecule has 1 saturated heterocycles. The van der Waals surface area contributed by atoms with Crippen molar-refractivity contribution in [3.05, 3.63) is 65.5 Å².